The molecule has 0 aliphatic carbocycles. The number of halogens is 2. The van der Waals surface area contributed by atoms with Crippen LogP contribution in [0.5, 0.6) is 11.5 Å². The summed E-state index contributed by atoms with van der Waals surface area (Å²) in [6, 6.07) is 4.46. The molecule has 0 radical (unpaired) electrons. The van der Waals surface area contributed by atoms with Gasteiger partial charge in [0.25, 0.3) is 5.91 Å². The Labute approximate surface area is 136 Å². The summed E-state index contributed by atoms with van der Waals surface area (Å²) in [6.45, 7) is -0.583. The highest BCUT2D eigenvalue weighted by Crippen LogP contribution is 2.34. The molecule has 1 aliphatic rings. The van der Waals surface area contributed by atoms with E-state index >= 15 is 0 Å². The quantitative estimate of drug-likeness (QED) is 0.603. The number of thiocarbonyl (C=S) groups is 1. The minimum atomic E-state index is -2.93. The molecule has 0 saturated carbocycles. The molecule has 2 rings (SSSR count). The molecule has 1 fully saturated rings. The molecule has 8 heteroatoms. The van der Waals surface area contributed by atoms with Crippen molar-refractivity contribution in [2.45, 2.75) is 13.5 Å². The Morgan fingerprint density at radius 3 is 2.68 bits per heavy atom. The number of benzene rings is 1. The molecule has 0 aromatic heterocycles. The highest BCUT2D eigenvalue weighted by molar-refractivity contribution is 8.26. The first kappa shape index (κ1) is 16.7. The van der Waals surface area contributed by atoms with Crippen molar-refractivity contribution in [3.63, 3.8) is 0 Å². The molecule has 118 valence electrons. The first-order valence-electron chi connectivity index (χ1n) is 6.34. The average molecular weight is 345 g/mol. The first-order chi connectivity index (χ1) is 10.5. The monoisotopic (exact) mass is 345 g/mol. The summed E-state index contributed by atoms with van der Waals surface area (Å²) in [4.78, 5) is 14.1. The van der Waals surface area contributed by atoms with Crippen LogP contribution in [0, 0.1) is 0 Å². The number of likely N-dealkylation sites (N-methyl/N-ethyl adjacent to an activating group) is 1. The van der Waals surface area contributed by atoms with Crippen LogP contribution >= 0.6 is 24.0 Å². The van der Waals surface area contributed by atoms with Crippen LogP contribution in [0.1, 0.15) is 12.5 Å². The summed E-state index contributed by atoms with van der Waals surface area (Å²) in [6.07, 6.45) is 1.64. The number of rotatable bonds is 5. The normalized spacial score (nSPS) is 16.8. The van der Waals surface area contributed by atoms with Crippen LogP contribution in [0.2, 0.25) is 0 Å². The zero-order chi connectivity index (χ0) is 16.3. The zero-order valence-electron chi connectivity index (χ0n) is 11.8. The van der Waals surface area contributed by atoms with Gasteiger partial charge in [-0.3, -0.25) is 9.69 Å². The second-order valence-electron chi connectivity index (χ2n) is 4.21. The van der Waals surface area contributed by atoms with Gasteiger partial charge in [0, 0.05) is 6.54 Å². The second kappa shape index (κ2) is 7.06. The van der Waals surface area contributed by atoms with E-state index in [1.807, 2.05) is 6.92 Å². The van der Waals surface area contributed by atoms with Crippen molar-refractivity contribution < 1.29 is 23.0 Å². The third-order valence-electron chi connectivity index (χ3n) is 2.89. The fraction of sp³-hybridized carbons (Fsp3) is 0.286. The van der Waals surface area contributed by atoms with Crippen LogP contribution in [0.3, 0.4) is 0 Å². The van der Waals surface area contributed by atoms with E-state index in [4.69, 9.17) is 17.0 Å². The van der Waals surface area contributed by atoms with Gasteiger partial charge in [0.15, 0.2) is 11.5 Å². The Morgan fingerprint density at radius 1 is 1.41 bits per heavy atom. The van der Waals surface area contributed by atoms with E-state index in [1.165, 1.54) is 35.9 Å². The molecule has 1 amide bonds. The van der Waals surface area contributed by atoms with Gasteiger partial charge in [-0.2, -0.15) is 8.78 Å². The van der Waals surface area contributed by atoms with Crippen molar-refractivity contribution in [3.05, 3.63) is 28.7 Å². The standard InChI is InChI=1S/C14H13F2NO3S2/c1-3-17-12(18)11(22-14(17)21)7-8-4-5-9(20-13(15)16)10(6-8)19-2/h4-7,13H,3H2,1-2H3. The number of amides is 1. The lowest BCUT2D eigenvalue weighted by molar-refractivity contribution is -0.121. The van der Waals surface area contributed by atoms with E-state index in [0.29, 0.717) is 21.3 Å². The van der Waals surface area contributed by atoms with Crippen molar-refractivity contribution >= 4 is 40.3 Å². The van der Waals surface area contributed by atoms with Crippen molar-refractivity contribution in [1.29, 1.82) is 0 Å². The molecule has 0 N–H and O–H groups in total. The summed E-state index contributed by atoms with van der Waals surface area (Å²) in [7, 11) is 1.36. The SMILES string of the molecule is CCN1C(=O)C(=Cc2ccc(OC(F)F)c(OC)c2)SC1=S. The second-order valence-corrected chi connectivity index (χ2v) is 5.89. The summed E-state index contributed by atoms with van der Waals surface area (Å²) in [5.74, 6) is -0.0554. The van der Waals surface area contributed by atoms with Crippen molar-refractivity contribution in [2.75, 3.05) is 13.7 Å². The van der Waals surface area contributed by atoms with Gasteiger partial charge in [0.2, 0.25) is 0 Å². The lowest BCUT2D eigenvalue weighted by atomic mass is 10.2. The minimum absolute atomic E-state index is 0.0595. The van der Waals surface area contributed by atoms with E-state index in [9.17, 15) is 13.6 Å². The number of methoxy groups -OCH3 is 1. The Balaban J connectivity index is 2.29. The van der Waals surface area contributed by atoms with Gasteiger partial charge in [0.05, 0.1) is 12.0 Å². The van der Waals surface area contributed by atoms with Crippen LogP contribution in [0.15, 0.2) is 23.1 Å². The van der Waals surface area contributed by atoms with E-state index in [0.717, 1.165) is 0 Å². The zero-order valence-corrected chi connectivity index (χ0v) is 13.5. The molecule has 1 aliphatic heterocycles. The van der Waals surface area contributed by atoms with Crippen molar-refractivity contribution in [1.82, 2.24) is 4.90 Å². The predicted octanol–water partition coefficient (Wildman–Crippen LogP) is 3.52. The number of nitrogens with zero attached hydrogens (tertiary/aromatic N) is 1. The van der Waals surface area contributed by atoms with Gasteiger partial charge in [-0.25, -0.2) is 0 Å². The van der Waals surface area contributed by atoms with Gasteiger partial charge in [-0.05, 0) is 30.7 Å². The number of ether oxygens (including phenoxy) is 2. The van der Waals surface area contributed by atoms with Crippen LogP contribution in [0.4, 0.5) is 8.78 Å². The van der Waals surface area contributed by atoms with Gasteiger partial charge < -0.3 is 9.47 Å². The van der Waals surface area contributed by atoms with Crippen LogP contribution in [0.25, 0.3) is 6.08 Å². The molecule has 1 saturated heterocycles. The van der Waals surface area contributed by atoms with Gasteiger partial charge in [-0.1, -0.05) is 30.0 Å². The Bertz CT molecular complexity index is 635. The average Bonchev–Trinajstić information content (AvgIpc) is 2.74. The maximum Gasteiger partial charge on any atom is 0.387 e. The fourth-order valence-corrected chi connectivity index (χ4v) is 3.28. The van der Waals surface area contributed by atoms with Crippen molar-refractivity contribution in [3.8, 4) is 11.5 Å². The molecule has 1 aromatic carbocycles. The largest absolute Gasteiger partial charge is 0.493 e. The number of alkyl halides is 2. The van der Waals surface area contributed by atoms with E-state index in [1.54, 1.807) is 12.1 Å². The highest BCUT2D eigenvalue weighted by atomic mass is 32.2. The molecular formula is C14H13F2NO3S2. The number of carbonyl (C=O) groups is 1. The predicted molar refractivity (Wildman–Crippen MR) is 85.2 cm³/mol. The maximum absolute atomic E-state index is 12.3. The van der Waals surface area contributed by atoms with Gasteiger partial charge >= 0.3 is 6.61 Å². The molecule has 0 spiro atoms. The van der Waals surface area contributed by atoms with Gasteiger partial charge in [0.1, 0.15) is 4.32 Å². The lowest BCUT2D eigenvalue weighted by Crippen LogP contribution is -2.27. The number of thioether (sulfide) groups is 1. The Kier molecular flexibility index (Phi) is 5.36. The molecule has 0 unspecified atom stereocenters. The molecule has 0 bridgehead atoms. The summed E-state index contributed by atoms with van der Waals surface area (Å²) >= 11 is 6.33. The third-order valence-corrected chi connectivity index (χ3v) is 4.27. The lowest BCUT2D eigenvalue weighted by Gasteiger charge is -2.10. The fourth-order valence-electron chi connectivity index (χ4n) is 1.89. The molecule has 0 atom stereocenters. The molecule has 1 aromatic rings. The molecule has 22 heavy (non-hydrogen) atoms. The summed E-state index contributed by atoms with van der Waals surface area (Å²) in [5, 5.41) is 0. The Hall–Kier alpha value is -1.67. The van der Waals surface area contributed by atoms with Gasteiger partial charge in [-0.15, -0.1) is 0 Å². The minimum Gasteiger partial charge on any atom is -0.493 e. The van der Waals surface area contributed by atoms with Crippen molar-refractivity contribution in [2.24, 2.45) is 0 Å². The molecule has 4 nitrogen and oxygen atoms in total. The third kappa shape index (κ3) is 3.56. The number of carbonyl (C=O) groups excluding carboxylic acids is 1. The van der Waals surface area contributed by atoms with Crippen LogP contribution in [-0.2, 0) is 4.79 Å². The Morgan fingerprint density at radius 2 is 2.14 bits per heavy atom. The number of hydrogen-bond acceptors (Lipinski definition) is 5. The first-order valence-corrected chi connectivity index (χ1v) is 7.57. The van der Waals surface area contributed by atoms with E-state index < -0.39 is 6.61 Å². The topological polar surface area (TPSA) is 38.8 Å². The van der Waals surface area contributed by atoms with Crippen LogP contribution < -0.4 is 9.47 Å². The molecule has 1 heterocycles. The number of hydrogen-bond donors (Lipinski definition) is 0. The highest BCUT2D eigenvalue weighted by Gasteiger charge is 2.30. The van der Waals surface area contributed by atoms with Crippen LogP contribution in [-0.4, -0.2) is 35.4 Å². The maximum atomic E-state index is 12.3. The summed E-state index contributed by atoms with van der Waals surface area (Å²) < 4.78 is 34.5. The van der Waals surface area contributed by atoms with E-state index in [2.05, 4.69) is 4.74 Å². The van der Waals surface area contributed by atoms with E-state index in [-0.39, 0.29) is 17.4 Å². The smallest absolute Gasteiger partial charge is 0.387 e. The summed E-state index contributed by atoms with van der Waals surface area (Å²) in [5.41, 5.74) is 0.634. The molecular weight excluding hydrogens is 332 g/mol.